The van der Waals surface area contributed by atoms with Crippen molar-refractivity contribution in [2.75, 3.05) is 5.75 Å². The second-order valence-electron chi connectivity index (χ2n) is 3.84. The van der Waals surface area contributed by atoms with Crippen molar-refractivity contribution in [3.8, 4) is 0 Å². The summed E-state index contributed by atoms with van der Waals surface area (Å²) in [6.07, 6.45) is -0.662. The molecule has 2 aromatic rings. The minimum Gasteiger partial charge on any atom is -0.388 e. The van der Waals surface area contributed by atoms with E-state index in [1.165, 1.54) is 12.1 Å². The van der Waals surface area contributed by atoms with Crippen LogP contribution in [-0.4, -0.2) is 10.9 Å². The monoisotopic (exact) mass is 326 g/mol. The fourth-order valence-corrected chi connectivity index (χ4v) is 3.02. The highest BCUT2D eigenvalue weighted by Crippen LogP contribution is 2.26. The Kier molecular flexibility index (Phi) is 4.80. The average molecular weight is 327 g/mol. The topological polar surface area (TPSA) is 20.2 Å². The summed E-state index contributed by atoms with van der Waals surface area (Å²) in [5.74, 6) is 0.180. The van der Waals surface area contributed by atoms with E-state index in [-0.39, 0.29) is 5.82 Å². The molecule has 0 radical (unpaired) electrons. The predicted molar refractivity (Wildman–Crippen MR) is 76.2 cm³/mol. The van der Waals surface area contributed by atoms with Gasteiger partial charge in [0, 0.05) is 15.1 Å². The van der Waals surface area contributed by atoms with Crippen LogP contribution >= 0.6 is 27.7 Å². The summed E-state index contributed by atoms with van der Waals surface area (Å²) >= 11 is 4.94. The van der Waals surface area contributed by atoms with Crippen LogP contribution in [0.15, 0.2) is 57.9 Å². The van der Waals surface area contributed by atoms with Crippen molar-refractivity contribution in [2.24, 2.45) is 0 Å². The van der Waals surface area contributed by atoms with E-state index in [1.54, 1.807) is 23.9 Å². The summed E-state index contributed by atoms with van der Waals surface area (Å²) in [6, 6.07) is 13.9. The lowest BCUT2D eigenvalue weighted by molar-refractivity contribution is 0.203. The quantitative estimate of drug-likeness (QED) is 0.839. The Hall–Kier alpha value is -0.840. The van der Waals surface area contributed by atoms with Gasteiger partial charge in [-0.15, -0.1) is 11.8 Å². The van der Waals surface area contributed by atoms with Crippen LogP contribution in [0.2, 0.25) is 0 Å². The van der Waals surface area contributed by atoms with Crippen LogP contribution in [0.25, 0.3) is 0 Å². The van der Waals surface area contributed by atoms with Gasteiger partial charge in [-0.2, -0.15) is 0 Å². The first-order valence-corrected chi connectivity index (χ1v) is 7.25. The maximum atomic E-state index is 13.0. The molecule has 1 N–H and O–H groups in total. The van der Waals surface area contributed by atoms with Gasteiger partial charge in [0.2, 0.25) is 0 Å². The Morgan fingerprint density at radius 3 is 2.67 bits per heavy atom. The third-order valence-electron chi connectivity index (χ3n) is 2.44. The van der Waals surface area contributed by atoms with Crippen LogP contribution in [0, 0.1) is 5.82 Å². The lowest BCUT2D eigenvalue weighted by Gasteiger charge is -2.10. The lowest BCUT2D eigenvalue weighted by Crippen LogP contribution is -2.00. The van der Waals surface area contributed by atoms with Gasteiger partial charge in [0.05, 0.1) is 6.10 Å². The molecular weight excluding hydrogens is 315 g/mol. The molecule has 0 amide bonds. The van der Waals surface area contributed by atoms with Gasteiger partial charge in [-0.05, 0) is 35.9 Å². The molecule has 0 heterocycles. The highest BCUT2D eigenvalue weighted by atomic mass is 79.9. The van der Waals surface area contributed by atoms with E-state index in [0.29, 0.717) is 11.3 Å². The highest BCUT2D eigenvalue weighted by Gasteiger charge is 2.09. The van der Waals surface area contributed by atoms with Crippen LogP contribution < -0.4 is 0 Å². The number of hydrogen-bond acceptors (Lipinski definition) is 2. The summed E-state index contributed by atoms with van der Waals surface area (Å²) in [5.41, 5.74) is 0.609. The summed E-state index contributed by atoms with van der Waals surface area (Å²) < 4.78 is 14.0. The average Bonchev–Trinajstić information content (AvgIpc) is 2.36. The maximum absolute atomic E-state index is 13.0. The van der Waals surface area contributed by atoms with Gasteiger partial charge in [-0.1, -0.05) is 34.1 Å². The largest absolute Gasteiger partial charge is 0.388 e. The molecule has 0 saturated heterocycles. The number of halogens is 2. The zero-order valence-electron chi connectivity index (χ0n) is 9.51. The number of aliphatic hydroxyl groups excluding tert-OH is 1. The fraction of sp³-hybridized carbons (Fsp3) is 0.143. The van der Waals surface area contributed by atoms with Crippen LogP contribution in [0.1, 0.15) is 11.7 Å². The van der Waals surface area contributed by atoms with Crippen LogP contribution in [0.3, 0.4) is 0 Å². The van der Waals surface area contributed by atoms with Gasteiger partial charge in [0.1, 0.15) is 5.82 Å². The molecule has 2 aromatic carbocycles. The smallest absolute Gasteiger partial charge is 0.123 e. The van der Waals surface area contributed by atoms with Crippen molar-refractivity contribution in [1.82, 2.24) is 0 Å². The normalized spacial score (nSPS) is 12.4. The van der Waals surface area contributed by atoms with E-state index in [9.17, 15) is 9.50 Å². The molecule has 4 heteroatoms. The predicted octanol–water partition coefficient (Wildman–Crippen LogP) is 4.41. The molecule has 0 bridgehead atoms. The first-order chi connectivity index (χ1) is 8.65. The van der Waals surface area contributed by atoms with Gasteiger partial charge in [-0.3, -0.25) is 0 Å². The first kappa shape index (κ1) is 13.6. The molecule has 18 heavy (non-hydrogen) atoms. The number of thioether (sulfide) groups is 1. The minimum atomic E-state index is -0.662. The van der Waals surface area contributed by atoms with E-state index < -0.39 is 6.10 Å². The van der Waals surface area contributed by atoms with Gasteiger partial charge in [-0.25, -0.2) is 4.39 Å². The first-order valence-electron chi connectivity index (χ1n) is 5.47. The molecule has 0 spiro atoms. The van der Waals surface area contributed by atoms with Crippen molar-refractivity contribution in [3.05, 3.63) is 64.4 Å². The van der Waals surface area contributed by atoms with Gasteiger partial charge < -0.3 is 5.11 Å². The van der Waals surface area contributed by atoms with Gasteiger partial charge in [0.15, 0.2) is 0 Å². The van der Waals surface area contributed by atoms with Crippen molar-refractivity contribution in [3.63, 3.8) is 0 Å². The third-order valence-corrected chi connectivity index (χ3v) is 4.00. The number of benzene rings is 2. The summed E-state index contributed by atoms with van der Waals surface area (Å²) in [5, 5.41) is 9.98. The molecule has 0 aliphatic rings. The van der Waals surface area contributed by atoms with Crippen LogP contribution in [0.5, 0.6) is 0 Å². The Balaban J connectivity index is 1.98. The van der Waals surface area contributed by atoms with E-state index in [1.807, 2.05) is 24.3 Å². The van der Waals surface area contributed by atoms with Crippen molar-refractivity contribution in [1.29, 1.82) is 0 Å². The van der Waals surface area contributed by atoms with Crippen LogP contribution in [-0.2, 0) is 0 Å². The molecule has 0 fully saturated rings. The summed E-state index contributed by atoms with van der Waals surface area (Å²) in [7, 11) is 0. The van der Waals surface area contributed by atoms with E-state index in [0.717, 1.165) is 9.37 Å². The Bertz CT molecular complexity index is 533. The molecule has 0 aliphatic heterocycles. The second kappa shape index (κ2) is 6.36. The molecule has 1 atom stereocenters. The van der Waals surface area contributed by atoms with Crippen molar-refractivity contribution in [2.45, 2.75) is 11.0 Å². The fourth-order valence-electron chi connectivity index (χ4n) is 1.54. The standard InChI is InChI=1S/C14H12BrFOS/c15-11-4-2-6-13(8-11)18-9-14(17)10-3-1-5-12(16)7-10/h1-8,14,17H,9H2. The minimum absolute atomic E-state index is 0.320. The third kappa shape index (κ3) is 3.83. The Morgan fingerprint density at radius 1 is 1.17 bits per heavy atom. The SMILES string of the molecule is OC(CSc1cccc(Br)c1)c1cccc(F)c1. The highest BCUT2D eigenvalue weighted by molar-refractivity contribution is 9.10. The van der Waals surface area contributed by atoms with Gasteiger partial charge in [0.25, 0.3) is 0 Å². The van der Waals surface area contributed by atoms with Crippen LogP contribution in [0.4, 0.5) is 4.39 Å². The summed E-state index contributed by atoms with van der Waals surface area (Å²) in [6.45, 7) is 0. The van der Waals surface area contributed by atoms with Gasteiger partial charge >= 0.3 is 0 Å². The Labute approximate surface area is 118 Å². The lowest BCUT2D eigenvalue weighted by atomic mass is 10.1. The molecule has 0 aromatic heterocycles. The molecular formula is C14H12BrFOS. The molecule has 1 nitrogen and oxygen atoms in total. The van der Waals surface area contributed by atoms with Crippen molar-refractivity contribution < 1.29 is 9.50 Å². The summed E-state index contributed by atoms with van der Waals surface area (Å²) in [4.78, 5) is 1.07. The number of aliphatic hydroxyl groups is 1. The van der Waals surface area contributed by atoms with E-state index in [2.05, 4.69) is 15.9 Å². The molecule has 0 aliphatic carbocycles. The molecule has 94 valence electrons. The number of rotatable bonds is 4. The van der Waals surface area contributed by atoms with E-state index >= 15 is 0 Å². The molecule has 0 saturated carbocycles. The molecule has 2 rings (SSSR count). The number of hydrogen-bond donors (Lipinski definition) is 1. The Morgan fingerprint density at radius 2 is 1.94 bits per heavy atom. The molecule has 1 unspecified atom stereocenters. The van der Waals surface area contributed by atoms with Crippen molar-refractivity contribution >= 4 is 27.7 Å². The van der Waals surface area contributed by atoms with E-state index in [4.69, 9.17) is 0 Å². The zero-order valence-corrected chi connectivity index (χ0v) is 11.9. The maximum Gasteiger partial charge on any atom is 0.123 e. The zero-order chi connectivity index (χ0) is 13.0. The second-order valence-corrected chi connectivity index (χ2v) is 5.85.